The smallest absolute Gasteiger partial charge is 0.191 e. The fourth-order valence-electron chi connectivity index (χ4n) is 3.89. The van der Waals surface area contributed by atoms with Gasteiger partial charge in [0.1, 0.15) is 0 Å². The predicted molar refractivity (Wildman–Crippen MR) is 116 cm³/mol. The van der Waals surface area contributed by atoms with Gasteiger partial charge in [0, 0.05) is 56.4 Å². The second-order valence-electron chi connectivity index (χ2n) is 7.71. The molecule has 0 saturated carbocycles. The van der Waals surface area contributed by atoms with Crippen molar-refractivity contribution in [1.82, 2.24) is 20.5 Å². The average Bonchev–Trinajstić information content (AvgIpc) is 3.06. The van der Waals surface area contributed by atoms with Crippen molar-refractivity contribution in [2.45, 2.75) is 39.2 Å². The van der Waals surface area contributed by atoms with E-state index >= 15 is 0 Å². The standard InChI is InChI=1S/C22H33N5/c1-16(2)15-27-12-9-19(10-13-27)26-22(23-4)24-11-8-18-14-25-21-17(3)6-5-7-20(18)21/h5-7,14,19,25H,1,8-13,15H2,2-4H3,(H2,23,24,26). The molecule has 27 heavy (non-hydrogen) atoms. The number of hydrogen-bond donors (Lipinski definition) is 3. The maximum Gasteiger partial charge on any atom is 0.191 e. The van der Waals surface area contributed by atoms with Gasteiger partial charge in [-0.3, -0.25) is 9.89 Å². The lowest BCUT2D eigenvalue weighted by Crippen LogP contribution is -2.49. The summed E-state index contributed by atoms with van der Waals surface area (Å²) in [7, 11) is 1.85. The summed E-state index contributed by atoms with van der Waals surface area (Å²) in [6.45, 7) is 12.4. The van der Waals surface area contributed by atoms with E-state index < -0.39 is 0 Å². The summed E-state index contributed by atoms with van der Waals surface area (Å²) >= 11 is 0. The third-order valence-electron chi connectivity index (χ3n) is 5.34. The number of para-hydroxylation sites is 1. The number of nitrogens with one attached hydrogen (secondary N) is 3. The summed E-state index contributed by atoms with van der Waals surface area (Å²) in [4.78, 5) is 10.3. The number of guanidine groups is 1. The van der Waals surface area contributed by atoms with Crippen LogP contribution < -0.4 is 10.6 Å². The molecule has 5 nitrogen and oxygen atoms in total. The van der Waals surface area contributed by atoms with E-state index in [1.54, 1.807) is 0 Å². The van der Waals surface area contributed by atoms with E-state index in [0.717, 1.165) is 51.4 Å². The molecule has 1 aromatic carbocycles. The Hall–Kier alpha value is -2.27. The highest BCUT2D eigenvalue weighted by molar-refractivity contribution is 5.86. The number of piperidine rings is 1. The van der Waals surface area contributed by atoms with Crippen LogP contribution in [0.15, 0.2) is 41.5 Å². The Morgan fingerprint density at radius 2 is 2.11 bits per heavy atom. The van der Waals surface area contributed by atoms with Crippen molar-refractivity contribution in [3.05, 3.63) is 47.7 Å². The highest BCUT2D eigenvalue weighted by atomic mass is 15.2. The Labute approximate surface area is 162 Å². The molecule has 0 atom stereocenters. The summed E-state index contributed by atoms with van der Waals surface area (Å²) < 4.78 is 0. The van der Waals surface area contributed by atoms with Crippen LogP contribution >= 0.6 is 0 Å². The second-order valence-corrected chi connectivity index (χ2v) is 7.71. The molecule has 0 bridgehead atoms. The summed E-state index contributed by atoms with van der Waals surface area (Å²) in [6.07, 6.45) is 5.40. The monoisotopic (exact) mass is 367 g/mol. The van der Waals surface area contributed by atoms with Crippen LogP contribution in [0.2, 0.25) is 0 Å². The molecule has 1 aromatic heterocycles. The van der Waals surface area contributed by atoms with Gasteiger partial charge < -0.3 is 15.6 Å². The first kappa shape index (κ1) is 19.5. The highest BCUT2D eigenvalue weighted by Gasteiger charge is 2.19. The van der Waals surface area contributed by atoms with Crippen molar-refractivity contribution >= 4 is 16.9 Å². The van der Waals surface area contributed by atoms with Gasteiger partial charge in [-0.1, -0.05) is 30.4 Å². The maximum absolute atomic E-state index is 4.40. The lowest BCUT2D eigenvalue weighted by molar-refractivity contribution is 0.221. The molecule has 0 amide bonds. The normalized spacial score (nSPS) is 16.6. The fourth-order valence-corrected chi connectivity index (χ4v) is 3.89. The number of hydrogen-bond acceptors (Lipinski definition) is 2. The van der Waals surface area contributed by atoms with Gasteiger partial charge >= 0.3 is 0 Å². The first-order chi connectivity index (χ1) is 13.1. The van der Waals surface area contributed by atoms with Gasteiger partial charge in [-0.2, -0.15) is 0 Å². The number of aromatic amines is 1. The molecule has 0 spiro atoms. The molecule has 1 fully saturated rings. The Morgan fingerprint density at radius 3 is 2.81 bits per heavy atom. The van der Waals surface area contributed by atoms with Gasteiger partial charge in [-0.25, -0.2) is 0 Å². The average molecular weight is 368 g/mol. The number of aliphatic imine (C=N–C) groups is 1. The molecule has 3 rings (SSSR count). The van der Waals surface area contributed by atoms with Crippen molar-refractivity contribution in [2.75, 3.05) is 33.2 Å². The summed E-state index contributed by atoms with van der Waals surface area (Å²) in [5.74, 6) is 0.907. The molecule has 2 heterocycles. The van der Waals surface area contributed by atoms with Gasteiger partial charge in [0.2, 0.25) is 0 Å². The molecule has 0 radical (unpaired) electrons. The van der Waals surface area contributed by atoms with E-state index in [1.165, 1.54) is 27.6 Å². The van der Waals surface area contributed by atoms with Crippen LogP contribution in [0.1, 0.15) is 30.9 Å². The molecule has 2 aromatic rings. The molecule has 0 aliphatic carbocycles. The maximum atomic E-state index is 4.40. The number of rotatable bonds is 6. The van der Waals surface area contributed by atoms with Crippen LogP contribution in [0.25, 0.3) is 10.9 Å². The third-order valence-corrected chi connectivity index (χ3v) is 5.34. The van der Waals surface area contributed by atoms with Gasteiger partial charge in [0.15, 0.2) is 5.96 Å². The van der Waals surface area contributed by atoms with Gasteiger partial charge in [0.25, 0.3) is 0 Å². The quantitative estimate of drug-likeness (QED) is 0.417. The van der Waals surface area contributed by atoms with Crippen LogP contribution in [0.3, 0.4) is 0 Å². The van der Waals surface area contributed by atoms with Crippen LogP contribution in [-0.2, 0) is 6.42 Å². The van der Waals surface area contributed by atoms with E-state index in [-0.39, 0.29) is 0 Å². The van der Waals surface area contributed by atoms with Crippen molar-refractivity contribution < 1.29 is 0 Å². The zero-order valence-corrected chi connectivity index (χ0v) is 16.9. The predicted octanol–water partition coefficient (Wildman–Crippen LogP) is 3.22. The van der Waals surface area contributed by atoms with Crippen molar-refractivity contribution in [1.29, 1.82) is 0 Å². The second kappa shape index (κ2) is 9.09. The van der Waals surface area contributed by atoms with Crippen molar-refractivity contribution in [2.24, 2.45) is 4.99 Å². The van der Waals surface area contributed by atoms with Crippen LogP contribution in [0.5, 0.6) is 0 Å². The molecule has 1 saturated heterocycles. The summed E-state index contributed by atoms with van der Waals surface area (Å²) in [5.41, 5.74) is 5.13. The van der Waals surface area contributed by atoms with E-state index in [4.69, 9.17) is 0 Å². The first-order valence-electron chi connectivity index (χ1n) is 9.96. The van der Waals surface area contributed by atoms with Crippen molar-refractivity contribution in [3.63, 3.8) is 0 Å². The minimum absolute atomic E-state index is 0.494. The minimum Gasteiger partial charge on any atom is -0.361 e. The molecule has 0 unspecified atom stereocenters. The number of fused-ring (bicyclic) bond motifs is 1. The van der Waals surface area contributed by atoms with E-state index in [2.05, 4.69) is 70.3 Å². The van der Waals surface area contributed by atoms with Crippen LogP contribution in [0.4, 0.5) is 0 Å². The molecule has 3 N–H and O–H groups in total. The Balaban J connectivity index is 1.46. The number of likely N-dealkylation sites (tertiary alicyclic amines) is 1. The zero-order valence-electron chi connectivity index (χ0n) is 16.9. The van der Waals surface area contributed by atoms with Gasteiger partial charge in [-0.15, -0.1) is 0 Å². The number of H-pyrrole nitrogens is 1. The molecular weight excluding hydrogens is 334 g/mol. The number of benzene rings is 1. The van der Waals surface area contributed by atoms with E-state index in [0.29, 0.717) is 6.04 Å². The summed E-state index contributed by atoms with van der Waals surface area (Å²) in [5, 5.41) is 8.39. The van der Waals surface area contributed by atoms with E-state index in [1.807, 2.05) is 7.05 Å². The molecule has 146 valence electrons. The van der Waals surface area contributed by atoms with Gasteiger partial charge in [0.05, 0.1) is 0 Å². The van der Waals surface area contributed by atoms with Crippen molar-refractivity contribution in [3.8, 4) is 0 Å². The van der Waals surface area contributed by atoms with Gasteiger partial charge in [-0.05, 0) is 44.2 Å². The number of aromatic nitrogens is 1. The Kier molecular flexibility index (Phi) is 6.56. The number of nitrogens with zero attached hydrogens (tertiary/aromatic N) is 2. The lowest BCUT2D eigenvalue weighted by atomic mass is 10.0. The highest BCUT2D eigenvalue weighted by Crippen LogP contribution is 2.21. The van der Waals surface area contributed by atoms with Crippen LogP contribution in [0, 0.1) is 6.92 Å². The third kappa shape index (κ3) is 5.13. The lowest BCUT2D eigenvalue weighted by Gasteiger charge is -2.33. The first-order valence-corrected chi connectivity index (χ1v) is 9.96. The van der Waals surface area contributed by atoms with E-state index in [9.17, 15) is 0 Å². The number of aryl methyl sites for hydroxylation is 1. The minimum atomic E-state index is 0.494. The molecular formula is C22H33N5. The summed E-state index contributed by atoms with van der Waals surface area (Å²) in [6, 6.07) is 6.96. The molecule has 1 aliphatic heterocycles. The molecule has 1 aliphatic rings. The SMILES string of the molecule is C=C(C)CN1CCC(NC(=NC)NCCc2c[nH]c3c(C)cccc23)CC1. The Morgan fingerprint density at radius 1 is 1.33 bits per heavy atom. The zero-order chi connectivity index (χ0) is 19.2. The largest absolute Gasteiger partial charge is 0.361 e. The topological polar surface area (TPSA) is 55.4 Å². The molecule has 5 heteroatoms. The van der Waals surface area contributed by atoms with Crippen LogP contribution in [-0.4, -0.2) is 55.1 Å². The fraction of sp³-hybridized carbons (Fsp3) is 0.500. The Bertz CT molecular complexity index is 796.